The molecule has 2 aliphatic rings. The number of ether oxygens (including phenoxy) is 2. The summed E-state index contributed by atoms with van der Waals surface area (Å²) in [4.78, 5) is 29.1. The molecule has 0 aliphatic carbocycles. The number of hydrogen-bond acceptors (Lipinski definition) is 5. The van der Waals surface area contributed by atoms with Crippen molar-refractivity contribution in [2.75, 3.05) is 0 Å². The van der Waals surface area contributed by atoms with E-state index in [0.717, 1.165) is 23.8 Å². The van der Waals surface area contributed by atoms with Crippen LogP contribution in [0.4, 0.5) is 13.2 Å². The maximum atomic E-state index is 13.6. The van der Waals surface area contributed by atoms with Crippen LogP contribution in [-0.2, 0) is 4.79 Å². The molecule has 31 heavy (non-hydrogen) atoms. The molecule has 0 bridgehead atoms. The van der Waals surface area contributed by atoms with Crippen LogP contribution < -0.4 is 9.47 Å². The first-order valence-corrected chi connectivity index (χ1v) is 9.28. The summed E-state index contributed by atoms with van der Waals surface area (Å²) in [6.07, 6.45) is 4.38. The summed E-state index contributed by atoms with van der Waals surface area (Å²) in [5, 5.41) is 0. The van der Waals surface area contributed by atoms with E-state index in [0.29, 0.717) is 5.56 Å². The maximum absolute atomic E-state index is 13.6. The van der Waals surface area contributed by atoms with Gasteiger partial charge in [-0.1, -0.05) is 6.07 Å². The molecule has 5 rings (SSSR count). The quantitative estimate of drug-likeness (QED) is 0.262. The minimum atomic E-state index is -1.60. The van der Waals surface area contributed by atoms with Crippen LogP contribution >= 0.6 is 0 Å². The molecule has 0 unspecified atom stereocenters. The fourth-order valence-electron chi connectivity index (χ4n) is 3.78. The zero-order valence-corrected chi connectivity index (χ0v) is 15.7. The molecule has 0 radical (unpaired) electrons. The van der Waals surface area contributed by atoms with Crippen LogP contribution in [0.15, 0.2) is 54.6 Å². The van der Waals surface area contributed by atoms with Gasteiger partial charge in [-0.3, -0.25) is 14.6 Å². The number of rotatable bonds is 2. The van der Waals surface area contributed by atoms with Gasteiger partial charge in [-0.25, -0.2) is 13.2 Å². The van der Waals surface area contributed by atoms with Gasteiger partial charge in [0.15, 0.2) is 23.2 Å². The van der Waals surface area contributed by atoms with Gasteiger partial charge in [0, 0.05) is 23.9 Å². The van der Waals surface area contributed by atoms with E-state index in [9.17, 15) is 22.8 Å². The summed E-state index contributed by atoms with van der Waals surface area (Å²) in [6.45, 7) is 0. The second-order valence-corrected chi connectivity index (χ2v) is 7.11. The van der Waals surface area contributed by atoms with Gasteiger partial charge in [0.1, 0.15) is 11.5 Å². The van der Waals surface area contributed by atoms with Gasteiger partial charge >= 0.3 is 5.97 Å². The standard InChI is InChI=1S/C23H12F3NO4/c24-15-6-11(7-16(25)21(15)26)8-18-22(29)13-3-4-17-20(23(13)31-18)14(9-19(28)30-17)12-2-1-5-27-10-12/h1-8,10,14H,9H2/b18-8-/t14-/m0/s1. The van der Waals surface area contributed by atoms with Gasteiger partial charge in [0.05, 0.1) is 12.0 Å². The average molecular weight is 423 g/mol. The first-order chi connectivity index (χ1) is 14.9. The van der Waals surface area contributed by atoms with E-state index >= 15 is 0 Å². The molecular formula is C23H12F3NO4. The smallest absolute Gasteiger partial charge is 0.312 e. The minimum Gasteiger partial charge on any atom is -0.452 e. The molecule has 0 saturated carbocycles. The molecular weight excluding hydrogens is 411 g/mol. The van der Waals surface area contributed by atoms with Gasteiger partial charge in [-0.2, -0.15) is 0 Å². The molecule has 3 aromatic rings. The van der Waals surface area contributed by atoms with Gasteiger partial charge in [0.25, 0.3) is 0 Å². The topological polar surface area (TPSA) is 65.5 Å². The third-order valence-corrected chi connectivity index (χ3v) is 5.17. The van der Waals surface area contributed by atoms with E-state index in [4.69, 9.17) is 9.47 Å². The van der Waals surface area contributed by atoms with Crippen LogP contribution in [0.25, 0.3) is 6.08 Å². The molecule has 154 valence electrons. The number of allylic oxidation sites excluding steroid dienone is 1. The number of hydrogen-bond donors (Lipinski definition) is 0. The van der Waals surface area contributed by atoms with Crippen LogP contribution in [0, 0.1) is 17.5 Å². The first kappa shape index (κ1) is 19.0. The fraction of sp³-hybridized carbons (Fsp3) is 0.0870. The van der Waals surface area contributed by atoms with Crippen LogP contribution in [-0.4, -0.2) is 16.7 Å². The van der Waals surface area contributed by atoms with Crippen LogP contribution in [0.3, 0.4) is 0 Å². The van der Waals surface area contributed by atoms with Gasteiger partial charge < -0.3 is 9.47 Å². The number of pyridine rings is 1. The van der Waals surface area contributed by atoms with E-state index in [1.54, 1.807) is 24.5 Å². The lowest BCUT2D eigenvalue weighted by Gasteiger charge is -2.26. The monoisotopic (exact) mass is 423 g/mol. The van der Waals surface area contributed by atoms with E-state index < -0.39 is 35.1 Å². The Bertz CT molecular complexity index is 1260. The van der Waals surface area contributed by atoms with Crippen molar-refractivity contribution in [2.24, 2.45) is 0 Å². The largest absolute Gasteiger partial charge is 0.452 e. The molecule has 0 amide bonds. The van der Waals surface area contributed by atoms with Gasteiger partial charge in [-0.15, -0.1) is 0 Å². The third-order valence-electron chi connectivity index (χ3n) is 5.17. The summed E-state index contributed by atoms with van der Waals surface area (Å²) >= 11 is 0. The molecule has 5 nitrogen and oxygen atoms in total. The molecule has 0 fully saturated rings. The number of fused-ring (bicyclic) bond motifs is 3. The molecule has 8 heteroatoms. The Morgan fingerprint density at radius 3 is 2.52 bits per heavy atom. The molecule has 2 aromatic carbocycles. The Kier molecular flexibility index (Phi) is 4.35. The number of aromatic nitrogens is 1. The lowest BCUT2D eigenvalue weighted by Crippen LogP contribution is -2.21. The van der Waals surface area contributed by atoms with E-state index in [1.165, 1.54) is 12.1 Å². The Balaban J connectivity index is 1.61. The number of carbonyl (C=O) groups excluding carboxylic acids is 2. The van der Waals surface area contributed by atoms with Crippen molar-refractivity contribution < 1.29 is 32.2 Å². The highest BCUT2D eigenvalue weighted by Crippen LogP contribution is 2.48. The van der Waals surface area contributed by atoms with Crippen molar-refractivity contribution in [1.29, 1.82) is 0 Å². The van der Waals surface area contributed by atoms with Gasteiger partial charge in [0.2, 0.25) is 5.78 Å². The highest BCUT2D eigenvalue weighted by molar-refractivity contribution is 6.15. The Morgan fingerprint density at radius 1 is 1.03 bits per heavy atom. The van der Waals surface area contributed by atoms with E-state index in [1.807, 2.05) is 0 Å². The van der Waals surface area contributed by atoms with Crippen molar-refractivity contribution in [3.63, 3.8) is 0 Å². The summed E-state index contributed by atoms with van der Waals surface area (Å²) in [5.41, 5.74) is 1.40. The Hall–Kier alpha value is -3.94. The number of carbonyl (C=O) groups is 2. The molecule has 0 spiro atoms. The Labute approximate surface area is 173 Å². The van der Waals surface area contributed by atoms with Gasteiger partial charge in [-0.05, 0) is 47.5 Å². The predicted octanol–water partition coefficient (Wildman–Crippen LogP) is 4.56. The van der Waals surface area contributed by atoms with Crippen LogP contribution in [0.5, 0.6) is 11.5 Å². The highest BCUT2D eigenvalue weighted by Gasteiger charge is 2.38. The number of Topliss-reactive ketones (excluding diaryl/α,β-unsaturated/α-hetero) is 1. The summed E-state index contributed by atoms with van der Waals surface area (Å²) in [6, 6.07) is 8.03. The molecule has 2 aliphatic heterocycles. The van der Waals surface area contributed by atoms with Crippen molar-refractivity contribution in [1.82, 2.24) is 4.98 Å². The number of esters is 1. The summed E-state index contributed by atoms with van der Waals surface area (Å²) in [5.74, 6) is -5.47. The summed E-state index contributed by atoms with van der Waals surface area (Å²) < 4.78 is 51.4. The zero-order valence-electron chi connectivity index (χ0n) is 15.7. The second-order valence-electron chi connectivity index (χ2n) is 7.11. The number of benzene rings is 2. The molecule has 0 N–H and O–H groups in total. The predicted molar refractivity (Wildman–Crippen MR) is 102 cm³/mol. The van der Waals surface area contributed by atoms with Crippen LogP contribution in [0.2, 0.25) is 0 Å². The number of halogens is 3. The SMILES string of the molecule is O=C1C[C@@H](c2cccnc2)c2c(ccc3c2O/C(=C\c2cc(F)c(F)c(F)c2)C3=O)O1. The third kappa shape index (κ3) is 3.16. The van der Waals surface area contributed by atoms with Crippen molar-refractivity contribution in [2.45, 2.75) is 12.3 Å². The lowest BCUT2D eigenvalue weighted by molar-refractivity contribution is -0.135. The van der Waals surface area contributed by atoms with Crippen LogP contribution in [0.1, 0.15) is 39.4 Å². The zero-order chi connectivity index (χ0) is 21.7. The summed E-state index contributed by atoms with van der Waals surface area (Å²) in [7, 11) is 0. The molecule has 1 aromatic heterocycles. The average Bonchev–Trinajstić information content (AvgIpc) is 3.07. The molecule has 0 saturated heterocycles. The number of ketones is 1. The van der Waals surface area contributed by atoms with Crippen molar-refractivity contribution in [3.8, 4) is 11.5 Å². The van der Waals surface area contributed by atoms with E-state index in [2.05, 4.69) is 4.98 Å². The normalized spacial score (nSPS) is 18.4. The second kappa shape index (κ2) is 7.09. The first-order valence-electron chi connectivity index (χ1n) is 9.28. The maximum Gasteiger partial charge on any atom is 0.312 e. The van der Waals surface area contributed by atoms with Crippen molar-refractivity contribution >= 4 is 17.8 Å². The molecule has 1 atom stereocenters. The number of nitrogens with zero attached hydrogens (tertiary/aromatic N) is 1. The minimum absolute atomic E-state index is 0.0279. The Morgan fingerprint density at radius 2 is 1.81 bits per heavy atom. The van der Waals surface area contributed by atoms with Crippen molar-refractivity contribution in [3.05, 3.63) is 94.3 Å². The molecule has 3 heterocycles. The van der Waals surface area contributed by atoms with E-state index in [-0.39, 0.29) is 34.8 Å². The lowest BCUT2D eigenvalue weighted by atomic mass is 9.85. The fourth-order valence-corrected chi connectivity index (χ4v) is 3.78. The highest BCUT2D eigenvalue weighted by atomic mass is 19.2.